The van der Waals surface area contributed by atoms with Gasteiger partial charge in [-0.3, -0.25) is 0 Å². The molecule has 0 atom stereocenters. The van der Waals surface area contributed by atoms with Crippen molar-refractivity contribution in [2.75, 3.05) is 12.4 Å². The molecule has 0 heterocycles. The lowest BCUT2D eigenvalue weighted by Gasteiger charge is -2.04. The van der Waals surface area contributed by atoms with Crippen molar-refractivity contribution in [3.05, 3.63) is 34.3 Å². The maximum absolute atomic E-state index is 10.7. The highest BCUT2D eigenvalue weighted by molar-refractivity contribution is 9.10. The molecule has 1 aromatic rings. The first-order valence-electron chi connectivity index (χ1n) is 5.72. The van der Waals surface area contributed by atoms with Gasteiger partial charge in [-0.15, -0.1) is 0 Å². The zero-order chi connectivity index (χ0) is 13.4. The average Bonchev–Trinajstić information content (AvgIpc) is 2.29. The van der Waals surface area contributed by atoms with Crippen LogP contribution in [0.25, 0.3) is 0 Å². The van der Waals surface area contributed by atoms with Gasteiger partial charge < -0.3 is 4.74 Å². The SMILES string of the molecule is O=S(=O)(Cl)CCCCCOCc1ccc(Br)cc1. The topological polar surface area (TPSA) is 43.4 Å². The molecule has 0 aromatic heterocycles. The smallest absolute Gasteiger partial charge is 0.232 e. The molecule has 3 nitrogen and oxygen atoms in total. The van der Waals surface area contributed by atoms with E-state index >= 15 is 0 Å². The molecule has 0 bridgehead atoms. The van der Waals surface area contributed by atoms with E-state index in [-0.39, 0.29) is 5.75 Å². The van der Waals surface area contributed by atoms with Crippen LogP contribution >= 0.6 is 26.6 Å². The molecular formula is C12H16BrClO3S. The Morgan fingerprint density at radius 2 is 1.78 bits per heavy atom. The molecule has 0 saturated carbocycles. The lowest BCUT2D eigenvalue weighted by atomic mass is 10.2. The molecule has 0 fully saturated rings. The molecule has 0 spiro atoms. The van der Waals surface area contributed by atoms with Gasteiger partial charge in [0.15, 0.2) is 0 Å². The molecule has 0 aliphatic heterocycles. The molecule has 0 radical (unpaired) electrons. The van der Waals surface area contributed by atoms with Gasteiger partial charge in [0.25, 0.3) is 0 Å². The van der Waals surface area contributed by atoms with E-state index in [2.05, 4.69) is 15.9 Å². The lowest BCUT2D eigenvalue weighted by Crippen LogP contribution is -1.99. The highest BCUT2D eigenvalue weighted by Gasteiger charge is 2.03. The van der Waals surface area contributed by atoms with E-state index in [1.54, 1.807) is 0 Å². The third-order valence-electron chi connectivity index (χ3n) is 2.36. The number of rotatable bonds is 8. The van der Waals surface area contributed by atoms with Crippen molar-refractivity contribution in [1.29, 1.82) is 0 Å². The summed E-state index contributed by atoms with van der Waals surface area (Å²) < 4.78 is 27.9. The fourth-order valence-electron chi connectivity index (χ4n) is 1.43. The molecule has 0 amide bonds. The predicted octanol–water partition coefficient (Wildman–Crippen LogP) is 3.70. The predicted molar refractivity (Wildman–Crippen MR) is 77.3 cm³/mol. The minimum Gasteiger partial charge on any atom is -0.377 e. The standard InChI is InChI=1S/C12H16BrClO3S/c13-12-6-4-11(5-7-12)10-17-8-2-1-3-9-18(14,15)16/h4-7H,1-3,8-10H2. The Morgan fingerprint density at radius 3 is 2.39 bits per heavy atom. The first kappa shape index (κ1) is 16.0. The maximum Gasteiger partial charge on any atom is 0.232 e. The number of ether oxygens (including phenoxy) is 1. The molecule has 0 saturated heterocycles. The summed E-state index contributed by atoms with van der Waals surface area (Å²) in [6.07, 6.45) is 2.25. The van der Waals surface area contributed by atoms with Gasteiger partial charge in [-0.1, -0.05) is 34.5 Å². The van der Waals surface area contributed by atoms with Crippen molar-refractivity contribution in [2.24, 2.45) is 0 Å². The van der Waals surface area contributed by atoms with Crippen LogP contribution in [-0.4, -0.2) is 20.8 Å². The molecule has 18 heavy (non-hydrogen) atoms. The largest absolute Gasteiger partial charge is 0.377 e. The maximum atomic E-state index is 10.7. The first-order chi connectivity index (χ1) is 8.47. The number of benzene rings is 1. The second-order valence-electron chi connectivity index (χ2n) is 3.98. The monoisotopic (exact) mass is 354 g/mol. The Bertz CT molecular complexity index is 445. The van der Waals surface area contributed by atoms with Crippen molar-refractivity contribution >= 4 is 35.7 Å². The Kier molecular flexibility index (Phi) is 7.22. The van der Waals surface area contributed by atoms with E-state index in [4.69, 9.17) is 15.4 Å². The van der Waals surface area contributed by atoms with E-state index in [9.17, 15) is 8.42 Å². The minimum absolute atomic E-state index is 0.0429. The normalized spacial score (nSPS) is 11.7. The number of halogens is 2. The lowest BCUT2D eigenvalue weighted by molar-refractivity contribution is 0.117. The van der Waals surface area contributed by atoms with Gasteiger partial charge in [-0.05, 0) is 30.5 Å². The van der Waals surface area contributed by atoms with Gasteiger partial charge >= 0.3 is 0 Å². The summed E-state index contributed by atoms with van der Waals surface area (Å²) in [7, 11) is 1.77. The minimum atomic E-state index is -3.34. The first-order valence-corrected chi connectivity index (χ1v) is 8.99. The Morgan fingerprint density at radius 1 is 1.11 bits per heavy atom. The third kappa shape index (κ3) is 8.08. The van der Waals surface area contributed by atoms with Crippen LogP contribution in [0.5, 0.6) is 0 Å². The summed E-state index contributed by atoms with van der Waals surface area (Å²) in [5, 5.41) is 0. The van der Waals surface area contributed by atoms with Crippen LogP contribution in [0.1, 0.15) is 24.8 Å². The summed E-state index contributed by atoms with van der Waals surface area (Å²) in [6, 6.07) is 7.96. The van der Waals surface area contributed by atoms with Crippen LogP contribution in [0.15, 0.2) is 28.7 Å². The number of hydrogen-bond acceptors (Lipinski definition) is 3. The van der Waals surface area contributed by atoms with E-state index < -0.39 is 9.05 Å². The van der Waals surface area contributed by atoms with Gasteiger partial charge in [-0.2, -0.15) is 0 Å². The van der Waals surface area contributed by atoms with Crippen LogP contribution in [0.3, 0.4) is 0 Å². The van der Waals surface area contributed by atoms with Gasteiger partial charge in [0.2, 0.25) is 9.05 Å². The van der Waals surface area contributed by atoms with Crippen molar-refractivity contribution in [1.82, 2.24) is 0 Å². The highest BCUT2D eigenvalue weighted by Crippen LogP contribution is 2.11. The van der Waals surface area contributed by atoms with Gasteiger partial charge in [0, 0.05) is 21.8 Å². The Balaban J connectivity index is 2.04. The summed E-state index contributed by atoms with van der Waals surface area (Å²) in [4.78, 5) is 0. The van der Waals surface area contributed by atoms with Crippen molar-refractivity contribution in [3.8, 4) is 0 Å². The summed E-state index contributed by atoms with van der Waals surface area (Å²) in [5.41, 5.74) is 1.13. The molecule has 0 aliphatic carbocycles. The van der Waals surface area contributed by atoms with E-state index in [0.717, 1.165) is 22.9 Å². The quantitative estimate of drug-likeness (QED) is 0.527. The zero-order valence-corrected chi connectivity index (χ0v) is 13.1. The Hall–Kier alpha value is -0.100. The van der Waals surface area contributed by atoms with E-state index in [1.165, 1.54) is 0 Å². The summed E-state index contributed by atoms with van der Waals surface area (Å²) in [5.74, 6) is 0.0429. The van der Waals surface area contributed by atoms with Crippen LogP contribution in [0.4, 0.5) is 0 Å². The van der Waals surface area contributed by atoms with E-state index in [0.29, 0.717) is 19.6 Å². The average molecular weight is 356 g/mol. The number of unbranched alkanes of at least 4 members (excludes halogenated alkanes) is 2. The van der Waals surface area contributed by atoms with Crippen LogP contribution < -0.4 is 0 Å². The summed E-state index contributed by atoms with van der Waals surface area (Å²) in [6.45, 7) is 1.22. The second kappa shape index (κ2) is 8.15. The molecule has 1 rings (SSSR count). The number of hydrogen-bond donors (Lipinski definition) is 0. The highest BCUT2D eigenvalue weighted by atomic mass is 79.9. The molecule has 1 aromatic carbocycles. The summed E-state index contributed by atoms with van der Waals surface area (Å²) >= 11 is 3.37. The van der Waals surface area contributed by atoms with Gasteiger partial charge in [0.1, 0.15) is 0 Å². The molecule has 0 N–H and O–H groups in total. The fraction of sp³-hybridized carbons (Fsp3) is 0.500. The molecule has 102 valence electrons. The molecule has 0 unspecified atom stereocenters. The second-order valence-corrected chi connectivity index (χ2v) is 7.79. The van der Waals surface area contributed by atoms with Gasteiger partial charge in [0.05, 0.1) is 12.4 Å². The molecular weight excluding hydrogens is 340 g/mol. The van der Waals surface area contributed by atoms with Crippen LogP contribution in [0, 0.1) is 0 Å². The molecule has 0 aliphatic rings. The van der Waals surface area contributed by atoms with Crippen LogP contribution in [0.2, 0.25) is 0 Å². The van der Waals surface area contributed by atoms with Crippen molar-refractivity contribution < 1.29 is 13.2 Å². The van der Waals surface area contributed by atoms with Crippen molar-refractivity contribution in [2.45, 2.75) is 25.9 Å². The zero-order valence-electron chi connectivity index (χ0n) is 9.94. The van der Waals surface area contributed by atoms with Gasteiger partial charge in [-0.25, -0.2) is 8.42 Å². The van der Waals surface area contributed by atoms with E-state index in [1.807, 2.05) is 24.3 Å². The molecule has 6 heteroatoms. The Labute approximate surface area is 121 Å². The van der Waals surface area contributed by atoms with Crippen LogP contribution in [-0.2, 0) is 20.4 Å². The fourth-order valence-corrected chi connectivity index (χ4v) is 2.57. The van der Waals surface area contributed by atoms with Crippen molar-refractivity contribution in [3.63, 3.8) is 0 Å². The third-order valence-corrected chi connectivity index (χ3v) is 4.13.